The first-order valence-electron chi connectivity index (χ1n) is 9.12. The van der Waals surface area contributed by atoms with Crippen LogP contribution in [0.4, 0.5) is 5.69 Å². The number of anilines is 1. The zero-order valence-corrected chi connectivity index (χ0v) is 19.3. The quantitative estimate of drug-likeness (QED) is 0.284. The van der Waals surface area contributed by atoms with E-state index in [0.29, 0.717) is 44.0 Å². The van der Waals surface area contributed by atoms with Crippen LogP contribution in [0.25, 0.3) is 28.6 Å². The molecule has 1 heterocycles. The number of benzene rings is 3. The predicted molar refractivity (Wildman–Crippen MR) is 128 cm³/mol. The van der Waals surface area contributed by atoms with Gasteiger partial charge in [-0.25, -0.2) is 4.98 Å². The van der Waals surface area contributed by atoms with Gasteiger partial charge in [0.05, 0.1) is 17.7 Å². The summed E-state index contributed by atoms with van der Waals surface area (Å²) in [5, 5.41) is 3.62. The maximum atomic E-state index is 12.4. The van der Waals surface area contributed by atoms with Crippen molar-refractivity contribution in [2.45, 2.75) is 0 Å². The van der Waals surface area contributed by atoms with Crippen LogP contribution in [0.1, 0.15) is 5.56 Å². The van der Waals surface area contributed by atoms with Crippen molar-refractivity contribution >= 4 is 67.9 Å². The molecule has 0 aliphatic carbocycles. The molecule has 1 aromatic heterocycles. The Hall–Kier alpha value is -2.80. The molecule has 0 saturated carbocycles. The molecule has 0 atom stereocenters. The van der Waals surface area contributed by atoms with Gasteiger partial charge in [-0.1, -0.05) is 35.3 Å². The molecule has 3 aromatic carbocycles. The summed E-state index contributed by atoms with van der Waals surface area (Å²) >= 11 is 15.7. The van der Waals surface area contributed by atoms with Gasteiger partial charge in [0.1, 0.15) is 11.3 Å². The molecule has 0 fully saturated rings. The van der Waals surface area contributed by atoms with E-state index in [1.54, 1.807) is 36.4 Å². The topological polar surface area (TPSA) is 64.4 Å². The molecule has 0 spiro atoms. The van der Waals surface area contributed by atoms with Gasteiger partial charge in [-0.2, -0.15) is 0 Å². The van der Waals surface area contributed by atoms with Gasteiger partial charge >= 0.3 is 0 Å². The van der Waals surface area contributed by atoms with Crippen LogP contribution in [0.5, 0.6) is 5.75 Å². The van der Waals surface area contributed by atoms with Crippen LogP contribution >= 0.6 is 39.1 Å². The molecule has 5 nitrogen and oxygen atoms in total. The Morgan fingerprint density at radius 2 is 1.97 bits per heavy atom. The lowest BCUT2D eigenvalue weighted by Gasteiger charge is -2.08. The minimum Gasteiger partial charge on any atom is -0.495 e. The Morgan fingerprint density at radius 1 is 1.16 bits per heavy atom. The third-order valence-corrected chi connectivity index (χ3v) is 5.61. The standard InChI is InChI=1S/C23H15BrCl2N2O3/c1-30-22-13(10-14(25)11-18(22)26)6-9-21(29)27-15-7-8-20-19(12-15)28-23(31-20)16-4-2-3-5-17(16)24/h2-12H,1H3,(H,27,29). The first-order valence-corrected chi connectivity index (χ1v) is 10.7. The summed E-state index contributed by atoms with van der Waals surface area (Å²) in [6.45, 7) is 0. The summed E-state index contributed by atoms with van der Waals surface area (Å²) in [7, 11) is 1.50. The van der Waals surface area contributed by atoms with Crippen LogP contribution in [-0.2, 0) is 4.79 Å². The lowest BCUT2D eigenvalue weighted by Crippen LogP contribution is -2.07. The highest BCUT2D eigenvalue weighted by atomic mass is 79.9. The number of rotatable bonds is 5. The number of methoxy groups -OCH3 is 1. The summed E-state index contributed by atoms with van der Waals surface area (Å²) < 4.78 is 12.0. The fourth-order valence-corrected chi connectivity index (χ4v) is 4.06. The van der Waals surface area contributed by atoms with Crippen molar-refractivity contribution in [3.05, 3.63) is 80.8 Å². The molecule has 4 aromatic rings. The van der Waals surface area contributed by atoms with Gasteiger partial charge in [0.15, 0.2) is 5.58 Å². The van der Waals surface area contributed by atoms with Crippen LogP contribution in [0.2, 0.25) is 10.0 Å². The second-order valence-corrected chi connectivity index (χ2v) is 8.21. The maximum Gasteiger partial charge on any atom is 0.248 e. The number of nitrogens with one attached hydrogen (secondary N) is 1. The van der Waals surface area contributed by atoms with Crippen molar-refractivity contribution in [2.75, 3.05) is 12.4 Å². The average Bonchev–Trinajstić information content (AvgIpc) is 3.15. The highest BCUT2D eigenvalue weighted by molar-refractivity contribution is 9.10. The summed E-state index contributed by atoms with van der Waals surface area (Å²) in [4.78, 5) is 16.9. The summed E-state index contributed by atoms with van der Waals surface area (Å²) in [5.41, 5.74) is 3.29. The van der Waals surface area contributed by atoms with E-state index in [1.807, 2.05) is 24.3 Å². The first kappa shape index (κ1) is 21.4. The third-order valence-electron chi connectivity index (χ3n) is 4.41. The normalized spacial score (nSPS) is 11.2. The smallest absolute Gasteiger partial charge is 0.248 e. The minimum absolute atomic E-state index is 0.327. The van der Waals surface area contributed by atoms with Gasteiger partial charge < -0.3 is 14.5 Å². The summed E-state index contributed by atoms with van der Waals surface area (Å²) in [6.07, 6.45) is 2.97. The number of carbonyl (C=O) groups excluding carboxylic acids is 1. The van der Waals surface area contributed by atoms with E-state index in [0.717, 1.165) is 10.0 Å². The van der Waals surface area contributed by atoms with Gasteiger partial charge in [-0.05, 0) is 64.5 Å². The van der Waals surface area contributed by atoms with Crippen LogP contribution in [-0.4, -0.2) is 18.0 Å². The zero-order chi connectivity index (χ0) is 22.0. The van der Waals surface area contributed by atoms with Gasteiger partial charge in [0.25, 0.3) is 0 Å². The van der Waals surface area contributed by atoms with Crippen molar-refractivity contribution in [3.8, 4) is 17.2 Å². The molecule has 8 heteroatoms. The largest absolute Gasteiger partial charge is 0.495 e. The number of hydrogen-bond donors (Lipinski definition) is 1. The van der Waals surface area contributed by atoms with Crippen molar-refractivity contribution in [2.24, 2.45) is 0 Å². The number of ether oxygens (including phenoxy) is 1. The Bertz CT molecular complexity index is 1320. The molecule has 0 bridgehead atoms. The molecule has 4 rings (SSSR count). The van der Waals surface area contributed by atoms with Gasteiger partial charge in [-0.15, -0.1) is 0 Å². The molecular formula is C23H15BrCl2N2O3. The zero-order valence-electron chi connectivity index (χ0n) is 16.2. The number of amides is 1. The molecule has 0 radical (unpaired) electrons. The molecule has 0 aliphatic rings. The lowest BCUT2D eigenvalue weighted by atomic mass is 10.2. The van der Waals surface area contributed by atoms with E-state index in [1.165, 1.54) is 13.2 Å². The van der Waals surface area contributed by atoms with E-state index >= 15 is 0 Å². The third kappa shape index (κ3) is 4.77. The molecule has 1 N–H and O–H groups in total. The van der Waals surface area contributed by atoms with Crippen molar-refractivity contribution in [3.63, 3.8) is 0 Å². The molecule has 0 unspecified atom stereocenters. The minimum atomic E-state index is -0.327. The number of hydrogen-bond acceptors (Lipinski definition) is 4. The van der Waals surface area contributed by atoms with Gasteiger partial charge in [0.2, 0.25) is 11.8 Å². The van der Waals surface area contributed by atoms with E-state index < -0.39 is 0 Å². The highest BCUT2D eigenvalue weighted by Crippen LogP contribution is 2.33. The lowest BCUT2D eigenvalue weighted by molar-refractivity contribution is -0.111. The highest BCUT2D eigenvalue weighted by Gasteiger charge is 2.12. The molecule has 0 aliphatic heterocycles. The Labute approximate surface area is 196 Å². The van der Waals surface area contributed by atoms with Crippen molar-refractivity contribution in [1.29, 1.82) is 0 Å². The number of carbonyl (C=O) groups is 1. The number of halogens is 3. The Morgan fingerprint density at radius 3 is 2.74 bits per heavy atom. The second kappa shape index (κ2) is 9.14. The van der Waals surface area contributed by atoms with E-state index in [-0.39, 0.29) is 5.91 Å². The Balaban J connectivity index is 1.54. The molecule has 156 valence electrons. The van der Waals surface area contributed by atoms with Crippen LogP contribution in [0.3, 0.4) is 0 Å². The number of nitrogens with zero attached hydrogens (tertiary/aromatic N) is 1. The Kier molecular flexibility index (Phi) is 6.32. The van der Waals surface area contributed by atoms with E-state index in [9.17, 15) is 4.79 Å². The summed E-state index contributed by atoms with van der Waals surface area (Å²) in [5.74, 6) is 0.613. The van der Waals surface area contributed by atoms with E-state index in [4.69, 9.17) is 32.4 Å². The monoisotopic (exact) mass is 516 g/mol. The fraction of sp³-hybridized carbons (Fsp3) is 0.0435. The number of aromatic nitrogens is 1. The van der Waals surface area contributed by atoms with Crippen molar-refractivity contribution in [1.82, 2.24) is 4.98 Å². The molecule has 31 heavy (non-hydrogen) atoms. The number of fused-ring (bicyclic) bond motifs is 1. The predicted octanol–water partition coefficient (Wildman–Crippen LogP) is 7.22. The van der Waals surface area contributed by atoms with Crippen LogP contribution in [0.15, 0.2) is 69.6 Å². The van der Waals surface area contributed by atoms with Gasteiger partial charge in [0, 0.05) is 26.8 Å². The van der Waals surface area contributed by atoms with Gasteiger partial charge in [-0.3, -0.25) is 4.79 Å². The van der Waals surface area contributed by atoms with Crippen molar-refractivity contribution < 1.29 is 13.9 Å². The first-order chi connectivity index (χ1) is 14.9. The second-order valence-electron chi connectivity index (χ2n) is 6.51. The molecule has 0 saturated heterocycles. The van der Waals surface area contributed by atoms with Crippen LogP contribution < -0.4 is 10.1 Å². The summed E-state index contributed by atoms with van der Waals surface area (Å²) in [6, 6.07) is 16.2. The average molecular weight is 518 g/mol. The number of oxazole rings is 1. The van der Waals surface area contributed by atoms with E-state index in [2.05, 4.69) is 26.2 Å². The SMILES string of the molecule is COc1c(Cl)cc(Cl)cc1C=CC(=O)Nc1ccc2oc(-c3ccccc3Br)nc2c1. The maximum absolute atomic E-state index is 12.4. The van der Waals surface area contributed by atoms with Crippen LogP contribution in [0, 0.1) is 0 Å². The molecule has 1 amide bonds. The molecular weight excluding hydrogens is 503 g/mol. The fourth-order valence-electron chi connectivity index (χ4n) is 3.02.